The fourth-order valence-electron chi connectivity index (χ4n) is 0.732. The molecular weight excluding hydrogens is 176 g/mol. The van der Waals surface area contributed by atoms with Crippen LogP contribution in [-0.4, -0.2) is 31.4 Å². The van der Waals surface area contributed by atoms with Crippen LogP contribution in [0.4, 0.5) is 4.79 Å². The van der Waals surface area contributed by atoms with Crippen LogP contribution >= 0.6 is 0 Å². The van der Waals surface area contributed by atoms with Crippen LogP contribution < -0.4 is 0 Å². The van der Waals surface area contributed by atoms with Crippen LogP contribution in [0.3, 0.4) is 0 Å². The molecule has 0 saturated carbocycles. The van der Waals surface area contributed by atoms with E-state index in [9.17, 15) is 9.59 Å². The second kappa shape index (κ2) is 3.93. The molecular formula is C8H10O5. The summed E-state index contributed by atoms with van der Waals surface area (Å²) in [4.78, 5) is 21.4. The fraction of sp³-hybridized carbons (Fsp3) is 0.500. The molecule has 0 spiro atoms. The van der Waals surface area contributed by atoms with E-state index < -0.39 is 18.2 Å². The summed E-state index contributed by atoms with van der Waals surface area (Å²) in [6, 6.07) is 0. The lowest BCUT2D eigenvalue weighted by molar-refractivity contribution is -0.153. The van der Waals surface area contributed by atoms with Gasteiger partial charge in [0, 0.05) is 5.57 Å². The van der Waals surface area contributed by atoms with Crippen molar-refractivity contribution in [3.8, 4) is 0 Å². The molecule has 0 aromatic carbocycles. The van der Waals surface area contributed by atoms with Crippen molar-refractivity contribution in [2.45, 2.75) is 13.0 Å². The summed E-state index contributed by atoms with van der Waals surface area (Å²) in [5.74, 6) is -0.508. The number of ether oxygens (including phenoxy) is 3. The van der Waals surface area contributed by atoms with E-state index in [1.165, 1.54) is 6.92 Å². The van der Waals surface area contributed by atoms with Gasteiger partial charge in [0.2, 0.25) is 0 Å². The molecule has 13 heavy (non-hydrogen) atoms. The molecule has 1 aliphatic rings. The minimum Gasteiger partial charge on any atom is -0.452 e. The highest BCUT2D eigenvalue weighted by Gasteiger charge is 2.24. The van der Waals surface area contributed by atoms with E-state index in [2.05, 4.69) is 16.1 Å². The molecule has 1 heterocycles. The van der Waals surface area contributed by atoms with E-state index in [0.717, 1.165) is 0 Å². The zero-order valence-corrected chi connectivity index (χ0v) is 7.24. The van der Waals surface area contributed by atoms with Gasteiger partial charge in [-0.2, -0.15) is 0 Å². The van der Waals surface area contributed by atoms with Gasteiger partial charge in [0.05, 0.1) is 0 Å². The Kier molecular flexibility index (Phi) is 2.89. The highest BCUT2D eigenvalue weighted by molar-refractivity contribution is 5.87. The SMILES string of the molecule is C=C(C)C(=O)OC1COC(=O)OC1. The minimum absolute atomic E-state index is 0.0395. The van der Waals surface area contributed by atoms with Crippen LogP contribution in [0.5, 0.6) is 0 Å². The Morgan fingerprint density at radius 3 is 2.54 bits per heavy atom. The third-order valence-electron chi connectivity index (χ3n) is 1.40. The van der Waals surface area contributed by atoms with E-state index in [0.29, 0.717) is 5.57 Å². The highest BCUT2D eigenvalue weighted by atomic mass is 16.7. The second-order valence-electron chi connectivity index (χ2n) is 2.68. The van der Waals surface area contributed by atoms with Crippen LogP contribution in [-0.2, 0) is 19.0 Å². The predicted octanol–water partition coefficient (Wildman–Crippen LogP) is 0.641. The van der Waals surface area contributed by atoms with Crippen LogP contribution in [0.25, 0.3) is 0 Å². The highest BCUT2D eigenvalue weighted by Crippen LogP contribution is 2.06. The lowest BCUT2D eigenvalue weighted by Crippen LogP contribution is -2.35. The quantitative estimate of drug-likeness (QED) is 0.467. The smallest absolute Gasteiger partial charge is 0.452 e. The number of carbonyl (C=O) groups is 2. The number of hydrogen-bond acceptors (Lipinski definition) is 5. The first kappa shape index (κ1) is 9.57. The molecule has 5 nitrogen and oxygen atoms in total. The van der Waals surface area contributed by atoms with E-state index in [4.69, 9.17) is 4.74 Å². The van der Waals surface area contributed by atoms with Crippen molar-refractivity contribution >= 4 is 12.1 Å². The van der Waals surface area contributed by atoms with Gasteiger partial charge >= 0.3 is 12.1 Å². The largest absolute Gasteiger partial charge is 0.508 e. The summed E-state index contributed by atoms with van der Waals surface area (Å²) in [6.45, 7) is 5.03. The van der Waals surface area contributed by atoms with Crippen LogP contribution in [0.2, 0.25) is 0 Å². The van der Waals surface area contributed by atoms with Gasteiger partial charge in [0.15, 0.2) is 6.10 Å². The maximum absolute atomic E-state index is 11.0. The molecule has 0 amide bonds. The van der Waals surface area contributed by atoms with Crippen LogP contribution in [0.1, 0.15) is 6.92 Å². The molecule has 1 rings (SSSR count). The molecule has 0 N–H and O–H groups in total. The third-order valence-corrected chi connectivity index (χ3v) is 1.40. The molecule has 0 aliphatic carbocycles. The third kappa shape index (κ3) is 2.77. The normalized spacial score (nSPS) is 17.2. The summed E-state index contributed by atoms with van der Waals surface area (Å²) < 4.78 is 13.9. The first-order valence-electron chi connectivity index (χ1n) is 3.75. The van der Waals surface area contributed by atoms with Gasteiger partial charge in [-0.3, -0.25) is 0 Å². The Labute approximate surface area is 75.3 Å². The van der Waals surface area contributed by atoms with Gasteiger partial charge in [-0.05, 0) is 6.92 Å². The van der Waals surface area contributed by atoms with E-state index >= 15 is 0 Å². The predicted molar refractivity (Wildman–Crippen MR) is 42.0 cm³/mol. The Balaban J connectivity index is 2.34. The summed E-state index contributed by atoms with van der Waals surface area (Å²) in [7, 11) is 0. The summed E-state index contributed by atoms with van der Waals surface area (Å²) in [5, 5.41) is 0. The molecule has 0 atom stereocenters. The average Bonchev–Trinajstić information content (AvgIpc) is 2.08. The fourth-order valence-corrected chi connectivity index (χ4v) is 0.732. The van der Waals surface area contributed by atoms with Gasteiger partial charge in [0.1, 0.15) is 13.2 Å². The van der Waals surface area contributed by atoms with Gasteiger partial charge < -0.3 is 14.2 Å². The van der Waals surface area contributed by atoms with Gasteiger partial charge in [-0.25, -0.2) is 9.59 Å². The van der Waals surface area contributed by atoms with E-state index in [1.807, 2.05) is 0 Å². The Hall–Kier alpha value is -1.52. The standard InChI is InChI=1S/C8H10O5/c1-5(2)7(9)13-6-3-11-8(10)12-4-6/h6H,1,3-4H2,2H3. The zero-order valence-electron chi connectivity index (χ0n) is 7.24. The summed E-state index contributed by atoms with van der Waals surface area (Å²) in [5.41, 5.74) is 0.303. The Morgan fingerprint density at radius 1 is 1.54 bits per heavy atom. The lowest BCUT2D eigenvalue weighted by Gasteiger charge is -2.21. The van der Waals surface area contributed by atoms with Crippen molar-refractivity contribution < 1.29 is 23.8 Å². The molecule has 72 valence electrons. The first-order chi connectivity index (χ1) is 6.09. The minimum atomic E-state index is -0.734. The molecule has 1 fully saturated rings. The van der Waals surface area contributed by atoms with E-state index in [1.54, 1.807) is 0 Å². The summed E-state index contributed by atoms with van der Waals surface area (Å²) >= 11 is 0. The van der Waals surface area contributed by atoms with Crippen molar-refractivity contribution in [3.63, 3.8) is 0 Å². The lowest BCUT2D eigenvalue weighted by atomic mass is 10.3. The van der Waals surface area contributed by atoms with Crippen LogP contribution in [0.15, 0.2) is 12.2 Å². The number of rotatable bonds is 2. The average molecular weight is 186 g/mol. The van der Waals surface area contributed by atoms with Crippen molar-refractivity contribution in [2.75, 3.05) is 13.2 Å². The van der Waals surface area contributed by atoms with Crippen molar-refractivity contribution in [1.29, 1.82) is 0 Å². The Bertz CT molecular complexity index is 235. The number of cyclic esters (lactones) is 2. The van der Waals surface area contributed by atoms with Crippen LogP contribution in [0, 0.1) is 0 Å². The topological polar surface area (TPSA) is 61.8 Å². The molecule has 0 unspecified atom stereocenters. The van der Waals surface area contributed by atoms with Gasteiger partial charge in [-0.1, -0.05) is 6.58 Å². The number of hydrogen-bond donors (Lipinski definition) is 0. The molecule has 1 saturated heterocycles. The maximum Gasteiger partial charge on any atom is 0.508 e. The molecule has 0 aromatic rings. The molecule has 0 aromatic heterocycles. The summed E-state index contributed by atoms with van der Waals surface area (Å²) in [6.07, 6.45) is -1.26. The monoisotopic (exact) mass is 186 g/mol. The second-order valence-corrected chi connectivity index (χ2v) is 2.68. The molecule has 5 heteroatoms. The van der Waals surface area contributed by atoms with Gasteiger partial charge in [-0.15, -0.1) is 0 Å². The number of carbonyl (C=O) groups excluding carboxylic acids is 2. The number of esters is 1. The van der Waals surface area contributed by atoms with Crippen molar-refractivity contribution in [3.05, 3.63) is 12.2 Å². The zero-order chi connectivity index (χ0) is 9.84. The first-order valence-corrected chi connectivity index (χ1v) is 3.75. The van der Waals surface area contributed by atoms with Crippen molar-refractivity contribution in [2.24, 2.45) is 0 Å². The molecule has 0 radical (unpaired) electrons. The van der Waals surface area contributed by atoms with Crippen molar-refractivity contribution in [1.82, 2.24) is 0 Å². The maximum atomic E-state index is 11.0. The molecule has 1 aliphatic heterocycles. The molecule has 0 bridgehead atoms. The van der Waals surface area contributed by atoms with Gasteiger partial charge in [0.25, 0.3) is 0 Å². The Morgan fingerprint density at radius 2 is 2.08 bits per heavy atom. The van der Waals surface area contributed by atoms with E-state index in [-0.39, 0.29) is 13.2 Å².